The number of hydrogen-bond donors (Lipinski definition) is 1. The van der Waals surface area contributed by atoms with Crippen LogP contribution in [0.1, 0.15) is 23.4 Å². The first-order valence-electron chi connectivity index (χ1n) is 5.31. The van der Waals surface area contributed by atoms with Gasteiger partial charge >= 0.3 is 5.97 Å². The molecule has 0 aliphatic carbocycles. The monoisotopic (exact) mass is 225 g/mol. The van der Waals surface area contributed by atoms with Crippen molar-refractivity contribution in [2.45, 2.75) is 26.8 Å². The van der Waals surface area contributed by atoms with Crippen LogP contribution >= 0.6 is 0 Å². The van der Waals surface area contributed by atoms with Crippen molar-refractivity contribution in [2.75, 3.05) is 13.6 Å². The molecule has 1 heterocycles. The fourth-order valence-corrected chi connectivity index (χ4v) is 1.68. The topological polar surface area (TPSA) is 58.4 Å². The van der Waals surface area contributed by atoms with Crippen LogP contribution in [0.3, 0.4) is 0 Å². The molecule has 1 aromatic heterocycles. The predicted molar refractivity (Wildman–Crippen MR) is 61.3 cm³/mol. The van der Waals surface area contributed by atoms with Gasteiger partial charge in [0.25, 0.3) is 0 Å². The lowest BCUT2D eigenvalue weighted by Gasteiger charge is -2.15. The molecule has 0 unspecified atom stereocenters. The molecule has 0 saturated carbocycles. The van der Waals surface area contributed by atoms with E-state index in [4.69, 9.17) is 5.11 Å². The summed E-state index contributed by atoms with van der Waals surface area (Å²) < 4.78 is 1.86. The molecule has 0 spiro atoms. The van der Waals surface area contributed by atoms with Crippen LogP contribution in [-0.2, 0) is 18.4 Å². The van der Waals surface area contributed by atoms with E-state index < -0.39 is 5.97 Å². The summed E-state index contributed by atoms with van der Waals surface area (Å²) in [5, 5.41) is 12.9. The molecule has 5 nitrogen and oxygen atoms in total. The second kappa shape index (κ2) is 5.12. The fourth-order valence-electron chi connectivity index (χ4n) is 1.68. The summed E-state index contributed by atoms with van der Waals surface area (Å²) in [7, 11) is 3.85. The first-order chi connectivity index (χ1) is 7.41. The molecule has 0 radical (unpaired) electrons. The zero-order valence-corrected chi connectivity index (χ0v) is 10.3. The molecular formula is C11H19N3O2. The number of hydrogen-bond acceptors (Lipinski definition) is 3. The van der Waals surface area contributed by atoms with Gasteiger partial charge in [-0.05, 0) is 20.9 Å². The lowest BCUT2D eigenvalue weighted by atomic mass is 10.2. The average molecular weight is 225 g/mol. The molecule has 0 fully saturated rings. The summed E-state index contributed by atoms with van der Waals surface area (Å²) in [6.07, 6.45) is 0.175. The first kappa shape index (κ1) is 12.7. The van der Waals surface area contributed by atoms with Crippen molar-refractivity contribution in [2.24, 2.45) is 7.05 Å². The van der Waals surface area contributed by atoms with E-state index in [1.165, 1.54) is 5.56 Å². The van der Waals surface area contributed by atoms with Crippen molar-refractivity contribution in [3.8, 4) is 0 Å². The summed E-state index contributed by atoms with van der Waals surface area (Å²) in [5.41, 5.74) is 3.34. The molecule has 1 N–H and O–H groups in total. The quantitative estimate of drug-likeness (QED) is 0.810. The molecule has 0 aliphatic rings. The largest absolute Gasteiger partial charge is 0.481 e. The Morgan fingerprint density at radius 1 is 1.50 bits per heavy atom. The van der Waals surface area contributed by atoms with Crippen molar-refractivity contribution in [1.29, 1.82) is 0 Å². The van der Waals surface area contributed by atoms with E-state index >= 15 is 0 Å². The van der Waals surface area contributed by atoms with E-state index in [0.29, 0.717) is 6.54 Å². The molecule has 1 aromatic rings. The van der Waals surface area contributed by atoms with Crippen LogP contribution in [-0.4, -0.2) is 39.3 Å². The first-order valence-corrected chi connectivity index (χ1v) is 5.31. The number of aryl methyl sites for hydroxylation is 2. The van der Waals surface area contributed by atoms with Gasteiger partial charge in [-0.3, -0.25) is 9.48 Å². The van der Waals surface area contributed by atoms with Crippen LogP contribution in [0.4, 0.5) is 0 Å². The van der Waals surface area contributed by atoms with Gasteiger partial charge in [-0.2, -0.15) is 5.10 Å². The molecule has 16 heavy (non-hydrogen) atoms. The van der Waals surface area contributed by atoms with E-state index in [-0.39, 0.29) is 6.42 Å². The third-order valence-corrected chi connectivity index (χ3v) is 2.79. The number of aromatic nitrogens is 2. The maximum Gasteiger partial charge on any atom is 0.304 e. The Bertz CT molecular complexity index is 385. The maximum atomic E-state index is 10.5. The molecule has 0 bridgehead atoms. The zero-order chi connectivity index (χ0) is 12.3. The zero-order valence-electron chi connectivity index (χ0n) is 10.3. The minimum absolute atomic E-state index is 0.175. The minimum Gasteiger partial charge on any atom is -0.481 e. The Morgan fingerprint density at radius 2 is 2.12 bits per heavy atom. The SMILES string of the molecule is Cc1nn(C)c(C)c1CN(C)CCC(=O)O. The molecule has 0 amide bonds. The van der Waals surface area contributed by atoms with Gasteiger partial charge in [0.1, 0.15) is 0 Å². The smallest absolute Gasteiger partial charge is 0.304 e. The molecule has 0 aromatic carbocycles. The molecule has 90 valence electrons. The van der Waals surface area contributed by atoms with Gasteiger partial charge in [0.05, 0.1) is 12.1 Å². The summed E-state index contributed by atoms with van der Waals surface area (Å²) in [5.74, 6) is -0.758. The van der Waals surface area contributed by atoms with Crippen molar-refractivity contribution < 1.29 is 9.90 Å². The van der Waals surface area contributed by atoms with Crippen LogP contribution in [0.2, 0.25) is 0 Å². The van der Waals surface area contributed by atoms with E-state index in [2.05, 4.69) is 5.10 Å². The second-order valence-electron chi connectivity index (χ2n) is 4.15. The molecule has 0 atom stereocenters. The highest BCUT2D eigenvalue weighted by molar-refractivity contribution is 5.66. The normalized spacial score (nSPS) is 11.1. The Labute approximate surface area is 95.7 Å². The number of nitrogens with zero attached hydrogens (tertiary/aromatic N) is 3. The van der Waals surface area contributed by atoms with Crippen LogP contribution in [0.15, 0.2) is 0 Å². The van der Waals surface area contributed by atoms with E-state index in [0.717, 1.165) is 17.9 Å². The second-order valence-corrected chi connectivity index (χ2v) is 4.15. The van der Waals surface area contributed by atoms with Crippen molar-refractivity contribution in [3.63, 3.8) is 0 Å². The highest BCUT2D eigenvalue weighted by atomic mass is 16.4. The fraction of sp³-hybridized carbons (Fsp3) is 0.636. The summed E-state index contributed by atoms with van der Waals surface area (Å²) in [6.45, 7) is 5.32. The highest BCUT2D eigenvalue weighted by Gasteiger charge is 2.11. The number of carbonyl (C=O) groups is 1. The van der Waals surface area contributed by atoms with Gasteiger partial charge in [-0.1, -0.05) is 0 Å². The third kappa shape index (κ3) is 3.06. The predicted octanol–water partition coefficient (Wildman–Crippen LogP) is 0.943. The Hall–Kier alpha value is -1.36. The van der Waals surface area contributed by atoms with Crippen LogP contribution in [0.25, 0.3) is 0 Å². The molecular weight excluding hydrogens is 206 g/mol. The number of rotatable bonds is 5. The molecule has 0 aliphatic heterocycles. The molecule has 0 saturated heterocycles. The van der Waals surface area contributed by atoms with Crippen LogP contribution < -0.4 is 0 Å². The summed E-state index contributed by atoms with van der Waals surface area (Å²) in [4.78, 5) is 12.5. The van der Waals surface area contributed by atoms with Gasteiger partial charge in [-0.25, -0.2) is 0 Å². The van der Waals surface area contributed by atoms with Gasteiger partial charge < -0.3 is 10.0 Å². The molecule has 5 heteroatoms. The number of carboxylic acid groups (broad SMARTS) is 1. The third-order valence-electron chi connectivity index (χ3n) is 2.79. The number of carboxylic acids is 1. The Balaban J connectivity index is 2.62. The molecule has 1 rings (SSSR count). The van der Waals surface area contributed by atoms with E-state index in [1.54, 1.807) is 0 Å². The van der Waals surface area contributed by atoms with Gasteiger partial charge in [0.2, 0.25) is 0 Å². The van der Waals surface area contributed by atoms with Crippen LogP contribution in [0.5, 0.6) is 0 Å². The number of aliphatic carboxylic acids is 1. The lowest BCUT2D eigenvalue weighted by Crippen LogP contribution is -2.22. The summed E-state index contributed by atoms with van der Waals surface area (Å²) >= 11 is 0. The standard InChI is InChI=1S/C11H19N3O2/c1-8-10(9(2)14(4)12-8)7-13(3)6-5-11(15)16/h5-7H2,1-4H3,(H,15,16). The van der Waals surface area contributed by atoms with Crippen molar-refractivity contribution in [3.05, 3.63) is 17.0 Å². The van der Waals surface area contributed by atoms with E-state index in [9.17, 15) is 4.79 Å². The lowest BCUT2D eigenvalue weighted by molar-refractivity contribution is -0.137. The van der Waals surface area contributed by atoms with Gasteiger partial charge in [0, 0.05) is 31.4 Å². The minimum atomic E-state index is -0.758. The Morgan fingerprint density at radius 3 is 2.56 bits per heavy atom. The van der Waals surface area contributed by atoms with Crippen molar-refractivity contribution in [1.82, 2.24) is 14.7 Å². The highest BCUT2D eigenvalue weighted by Crippen LogP contribution is 2.13. The van der Waals surface area contributed by atoms with Crippen molar-refractivity contribution >= 4 is 5.97 Å². The van der Waals surface area contributed by atoms with Crippen LogP contribution in [0, 0.1) is 13.8 Å². The maximum absolute atomic E-state index is 10.5. The Kier molecular flexibility index (Phi) is 4.06. The van der Waals surface area contributed by atoms with Gasteiger partial charge in [-0.15, -0.1) is 0 Å². The van der Waals surface area contributed by atoms with Gasteiger partial charge in [0.15, 0.2) is 0 Å². The summed E-state index contributed by atoms with van der Waals surface area (Å²) in [6, 6.07) is 0. The van der Waals surface area contributed by atoms with E-state index in [1.807, 2.05) is 37.5 Å². The average Bonchev–Trinajstić information content (AvgIpc) is 2.42.